The fourth-order valence-corrected chi connectivity index (χ4v) is 3.18. The van der Waals surface area contributed by atoms with E-state index in [1.54, 1.807) is 6.07 Å². The highest BCUT2D eigenvalue weighted by molar-refractivity contribution is 6.31. The summed E-state index contributed by atoms with van der Waals surface area (Å²) >= 11 is 6.09. The van der Waals surface area contributed by atoms with Crippen molar-refractivity contribution in [2.45, 2.75) is 32.0 Å². The van der Waals surface area contributed by atoms with Crippen LogP contribution in [0.5, 0.6) is 0 Å². The van der Waals surface area contributed by atoms with Crippen LogP contribution in [0, 0.1) is 0 Å². The molecule has 0 spiro atoms. The van der Waals surface area contributed by atoms with Gasteiger partial charge in [0.25, 0.3) is 11.5 Å². The minimum absolute atomic E-state index is 0.00786. The third-order valence-corrected chi connectivity index (χ3v) is 4.76. The molecule has 1 amide bonds. The van der Waals surface area contributed by atoms with E-state index in [-0.39, 0.29) is 29.6 Å². The Labute approximate surface area is 158 Å². The highest BCUT2D eigenvalue weighted by Gasteiger charge is 2.21. The number of aromatic amines is 1. The number of amides is 1. The van der Waals surface area contributed by atoms with Crippen LogP contribution in [0.15, 0.2) is 29.1 Å². The zero-order valence-corrected chi connectivity index (χ0v) is 15.1. The van der Waals surface area contributed by atoms with Gasteiger partial charge in [-0.1, -0.05) is 35.0 Å². The van der Waals surface area contributed by atoms with Crippen molar-refractivity contribution in [1.29, 1.82) is 0 Å². The van der Waals surface area contributed by atoms with Crippen LogP contribution in [0.1, 0.15) is 29.0 Å². The zero-order chi connectivity index (χ0) is 18.8. The summed E-state index contributed by atoms with van der Waals surface area (Å²) in [6.45, 7) is 1.36. The number of H-pyrrole nitrogens is 1. The van der Waals surface area contributed by atoms with Crippen molar-refractivity contribution in [3.8, 4) is 0 Å². The van der Waals surface area contributed by atoms with E-state index in [1.165, 1.54) is 4.68 Å². The second kappa shape index (κ2) is 7.45. The number of nitrogens with one attached hydrogen (secondary N) is 2. The van der Waals surface area contributed by atoms with Crippen molar-refractivity contribution in [2.24, 2.45) is 0 Å². The second-order valence-corrected chi connectivity index (χ2v) is 6.67. The van der Waals surface area contributed by atoms with Crippen LogP contribution in [0.4, 0.5) is 0 Å². The van der Waals surface area contributed by atoms with Crippen LogP contribution >= 0.6 is 11.6 Å². The lowest BCUT2D eigenvalue weighted by Crippen LogP contribution is -2.28. The number of aromatic nitrogens is 5. The van der Waals surface area contributed by atoms with Crippen molar-refractivity contribution in [2.75, 3.05) is 6.61 Å². The number of halogens is 1. The first-order valence-corrected chi connectivity index (χ1v) is 8.96. The molecule has 0 bridgehead atoms. The quantitative estimate of drug-likeness (QED) is 0.680. The van der Waals surface area contributed by atoms with Crippen molar-refractivity contribution >= 4 is 28.7 Å². The van der Waals surface area contributed by atoms with E-state index in [4.69, 9.17) is 16.3 Å². The first kappa shape index (κ1) is 17.6. The minimum Gasteiger partial charge on any atom is -0.376 e. The molecule has 1 saturated heterocycles. The Morgan fingerprint density at radius 1 is 1.41 bits per heavy atom. The number of fused-ring (bicyclic) bond motifs is 1. The lowest BCUT2D eigenvalue weighted by molar-refractivity contribution is 0.0938. The summed E-state index contributed by atoms with van der Waals surface area (Å²) in [5.41, 5.74) is 0.607. The van der Waals surface area contributed by atoms with Gasteiger partial charge in [-0.2, -0.15) is 0 Å². The molecule has 0 saturated carbocycles. The van der Waals surface area contributed by atoms with E-state index in [0.717, 1.165) is 18.4 Å². The number of nitrogens with zero attached hydrogens (tertiary/aromatic N) is 4. The maximum Gasteiger partial charge on any atom is 0.287 e. The normalized spacial score (nSPS) is 16.7. The maximum atomic E-state index is 12.4. The molecule has 1 aromatic carbocycles. The smallest absolute Gasteiger partial charge is 0.287 e. The van der Waals surface area contributed by atoms with Crippen LogP contribution in [0.2, 0.25) is 5.02 Å². The number of carbonyl (C=O) groups excluding carboxylic acids is 1. The van der Waals surface area contributed by atoms with E-state index in [1.807, 2.05) is 18.2 Å². The first-order valence-electron chi connectivity index (χ1n) is 8.58. The van der Waals surface area contributed by atoms with Gasteiger partial charge in [-0.3, -0.25) is 9.59 Å². The Balaban J connectivity index is 1.56. The summed E-state index contributed by atoms with van der Waals surface area (Å²) in [5, 5.41) is 11.1. The Morgan fingerprint density at radius 2 is 2.26 bits per heavy atom. The summed E-state index contributed by atoms with van der Waals surface area (Å²) in [5.74, 6) is -0.616. The van der Waals surface area contributed by atoms with E-state index in [0.29, 0.717) is 18.2 Å². The monoisotopic (exact) mass is 388 g/mol. The predicted molar refractivity (Wildman–Crippen MR) is 97.5 cm³/mol. The number of benzene rings is 1. The van der Waals surface area contributed by atoms with Crippen LogP contribution in [0.25, 0.3) is 11.2 Å². The topological polar surface area (TPSA) is 115 Å². The molecular weight excluding hydrogens is 372 g/mol. The molecular formula is C17H17ClN6O3. The minimum atomic E-state index is -0.515. The molecule has 0 radical (unpaired) electrons. The van der Waals surface area contributed by atoms with Gasteiger partial charge in [-0.25, -0.2) is 9.67 Å². The fraction of sp³-hybridized carbons (Fsp3) is 0.353. The molecule has 9 nitrogen and oxygen atoms in total. The lowest BCUT2D eigenvalue weighted by atomic mass is 10.2. The third-order valence-electron chi connectivity index (χ3n) is 4.39. The number of carbonyl (C=O) groups is 1. The molecule has 3 aromatic rings. The third kappa shape index (κ3) is 3.69. The van der Waals surface area contributed by atoms with Crippen LogP contribution in [-0.4, -0.2) is 43.6 Å². The van der Waals surface area contributed by atoms with Gasteiger partial charge >= 0.3 is 0 Å². The van der Waals surface area contributed by atoms with E-state index in [9.17, 15) is 9.59 Å². The van der Waals surface area contributed by atoms with Crippen molar-refractivity contribution < 1.29 is 9.53 Å². The van der Waals surface area contributed by atoms with Gasteiger partial charge in [0, 0.05) is 18.2 Å². The van der Waals surface area contributed by atoms with Crippen molar-refractivity contribution in [3.05, 3.63) is 51.0 Å². The number of hydrogen-bond acceptors (Lipinski definition) is 6. The summed E-state index contributed by atoms with van der Waals surface area (Å²) in [7, 11) is 0. The van der Waals surface area contributed by atoms with Crippen LogP contribution < -0.4 is 10.9 Å². The van der Waals surface area contributed by atoms with Gasteiger partial charge in [-0.15, -0.1) is 5.10 Å². The summed E-state index contributed by atoms with van der Waals surface area (Å²) in [4.78, 5) is 31.4. The summed E-state index contributed by atoms with van der Waals surface area (Å²) in [6, 6.07) is 7.19. The highest BCUT2D eigenvalue weighted by Crippen LogP contribution is 2.16. The average Bonchev–Trinajstić information content (AvgIpc) is 3.32. The molecule has 27 heavy (non-hydrogen) atoms. The SMILES string of the molecule is O=C(NCc1ccccc1Cl)c1nc2c(nnn2CC2CCCO2)c(=O)[nH]1. The molecule has 1 unspecified atom stereocenters. The molecule has 1 atom stereocenters. The average molecular weight is 389 g/mol. The van der Waals surface area contributed by atoms with Gasteiger partial charge in [0.2, 0.25) is 5.82 Å². The zero-order valence-electron chi connectivity index (χ0n) is 14.3. The van der Waals surface area contributed by atoms with Gasteiger partial charge in [0.15, 0.2) is 11.2 Å². The lowest BCUT2D eigenvalue weighted by Gasteiger charge is -2.09. The molecule has 1 fully saturated rings. The Morgan fingerprint density at radius 3 is 3.04 bits per heavy atom. The number of hydrogen-bond donors (Lipinski definition) is 2. The highest BCUT2D eigenvalue weighted by atomic mass is 35.5. The van der Waals surface area contributed by atoms with Gasteiger partial charge < -0.3 is 15.0 Å². The largest absolute Gasteiger partial charge is 0.376 e. The van der Waals surface area contributed by atoms with Gasteiger partial charge in [0.05, 0.1) is 12.6 Å². The number of ether oxygens (including phenoxy) is 1. The van der Waals surface area contributed by atoms with E-state index in [2.05, 4.69) is 25.6 Å². The molecule has 2 N–H and O–H groups in total. The Hall–Kier alpha value is -2.78. The molecule has 1 aliphatic rings. The maximum absolute atomic E-state index is 12.4. The van der Waals surface area contributed by atoms with Gasteiger partial charge in [-0.05, 0) is 24.5 Å². The van der Waals surface area contributed by atoms with Crippen molar-refractivity contribution in [1.82, 2.24) is 30.3 Å². The van der Waals surface area contributed by atoms with Crippen LogP contribution in [0.3, 0.4) is 0 Å². The van der Waals surface area contributed by atoms with E-state index < -0.39 is 11.5 Å². The Bertz CT molecular complexity index is 1040. The fourth-order valence-electron chi connectivity index (χ4n) is 2.98. The van der Waals surface area contributed by atoms with Crippen LogP contribution in [-0.2, 0) is 17.8 Å². The molecule has 3 heterocycles. The van der Waals surface area contributed by atoms with Gasteiger partial charge in [0.1, 0.15) is 0 Å². The molecule has 1 aliphatic heterocycles. The summed E-state index contributed by atoms with van der Waals surface area (Å²) in [6.07, 6.45) is 1.91. The first-order chi connectivity index (χ1) is 13.1. The Kier molecular flexibility index (Phi) is 4.87. The molecule has 0 aliphatic carbocycles. The van der Waals surface area contributed by atoms with Crippen molar-refractivity contribution in [3.63, 3.8) is 0 Å². The molecule has 4 rings (SSSR count). The van der Waals surface area contributed by atoms with E-state index >= 15 is 0 Å². The molecule has 10 heteroatoms. The summed E-state index contributed by atoms with van der Waals surface area (Å²) < 4.78 is 7.09. The predicted octanol–water partition coefficient (Wildman–Crippen LogP) is 1.28. The molecule has 140 valence electrons. The second-order valence-electron chi connectivity index (χ2n) is 6.27. The standard InChI is InChI=1S/C17H17ClN6O3/c18-12-6-2-1-4-10(12)8-19-17(26)14-20-15-13(16(25)21-14)22-23-24(15)9-11-5-3-7-27-11/h1-2,4,6,11H,3,5,7-9H2,(H,19,26)(H,20,21,25). The number of rotatable bonds is 5. The molecule has 2 aromatic heterocycles.